The van der Waals surface area contributed by atoms with E-state index in [1.54, 1.807) is 12.4 Å². The standard InChI is InChI=1S/C18H21N5O/c1-4-12(3)21-17-16-13(6-8-20-18(16)24)10-15(23-17)22-14-9-11(2)5-7-19-14/h5-10,12H,4H2,1-3H3,(H,20,24)(H2,19,21,22,23)/t12-/m0/s1. The molecule has 0 unspecified atom stereocenters. The topological polar surface area (TPSA) is 82.7 Å². The Hall–Kier alpha value is -2.89. The van der Waals surface area contributed by atoms with E-state index in [4.69, 9.17) is 0 Å². The van der Waals surface area contributed by atoms with Crippen LogP contribution in [0.5, 0.6) is 0 Å². The molecule has 0 aliphatic carbocycles. The van der Waals surface area contributed by atoms with Gasteiger partial charge in [0, 0.05) is 18.4 Å². The van der Waals surface area contributed by atoms with Crippen molar-refractivity contribution < 1.29 is 0 Å². The maximum atomic E-state index is 12.2. The molecule has 3 heterocycles. The first-order valence-corrected chi connectivity index (χ1v) is 8.05. The fourth-order valence-electron chi connectivity index (χ4n) is 2.45. The smallest absolute Gasteiger partial charge is 0.259 e. The molecule has 0 radical (unpaired) electrons. The summed E-state index contributed by atoms with van der Waals surface area (Å²) < 4.78 is 0. The van der Waals surface area contributed by atoms with Gasteiger partial charge in [-0.05, 0) is 55.5 Å². The molecule has 0 saturated heterocycles. The number of fused-ring (bicyclic) bond motifs is 1. The van der Waals surface area contributed by atoms with E-state index >= 15 is 0 Å². The minimum Gasteiger partial charge on any atom is -0.367 e. The van der Waals surface area contributed by atoms with Gasteiger partial charge in [-0.3, -0.25) is 4.79 Å². The average Bonchev–Trinajstić information content (AvgIpc) is 2.54. The van der Waals surface area contributed by atoms with Crippen LogP contribution in [0.4, 0.5) is 17.5 Å². The molecule has 124 valence electrons. The molecule has 6 heteroatoms. The highest BCUT2D eigenvalue weighted by atomic mass is 16.1. The van der Waals surface area contributed by atoms with Crippen LogP contribution in [-0.4, -0.2) is 21.0 Å². The van der Waals surface area contributed by atoms with Gasteiger partial charge in [0.2, 0.25) is 0 Å². The number of H-pyrrole nitrogens is 1. The maximum absolute atomic E-state index is 12.2. The Kier molecular flexibility index (Phi) is 4.46. The number of anilines is 3. The van der Waals surface area contributed by atoms with E-state index in [-0.39, 0.29) is 11.6 Å². The van der Waals surface area contributed by atoms with Crippen LogP contribution in [0.1, 0.15) is 25.8 Å². The zero-order valence-electron chi connectivity index (χ0n) is 14.1. The lowest BCUT2D eigenvalue weighted by molar-refractivity contribution is 0.760. The lowest BCUT2D eigenvalue weighted by Crippen LogP contribution is -2.18. The fourth-order valence-corrected chi connectivity index (χ4v) is 2.45. The van der Waals surface area contributed by atoms with Gasteiger partial charge in [0.25, 0.3) is 5.56 Å². The largest absolute Gasteiger partial charge is 0.367 e. The number of pyridine rings is 3. The minimum absolute atomic E-state index is 0.147. The second kappa shape index (κ2) is 6.70. The van der Waals surface area contributed by atoms with Crippen molar-refractivity contribution in [3.8, 4) is 0 Å². The number of aromatic amines is 1. The highest BCUT2D eigenvalue weighted by Crippen LogP contribution is 2.24. The Morgan fingerprint density at radius 3 is 2.83 bits per heavy atom. The van der Waals surface area contributed by atoms with Gasteiger partial charge in [-0.1, -0.05) is 6.92 Å². The van der Waals surface area contributed by atoms with Crippen LogP contribution in [-0.2, 0) is 0 Å². The number of aromatic nitrogens is 3. The lowest BCUT2D eigenvalue weighted by atomic mass is 10.2. The molecule has 0 aromatic carbocycles. The van der Waals surface area contributed by atoms with Crippen LogP contribution in [0.3, 0.4) is 0 Å². The molecule has 3 aromatic heterocycles. The van der Waals surface area contributed by atoms with Crippen LogP contribution in [0.25, 0.3) is 10.8 Å². The van der Waals surface area contributed by atoms with Gasteiger partial charge >= 0.3 is 0 Å². The summed E-state index contributed by atoms with van der Waals surface area (Å²) in [5, 5.41) is 7.93. The van der Waals surface area contributed by atoms with Crippen molar-refractivity contribution in [2.75, 3.05) is 10.6 Å². The molecule has 3 aromatic rings. The SMILES string of the molecule is CC[C@H](C)Nc1nc(Nc2cc(C)ccn2)cc2cc[nH]c(=O)c12. The third-order valence-corrected chi connectivity index (χ3v) is 3.92. The minimum atomic E-state index is -0.147. The van der Waals surface area contributed by atoms with E-state index in [0.717, 1.165) is 23.2 Å². The summed E-state index contributed by atoms with van der Waals surface area (Å²) in [6.45, 7) is 6.16. The van der Waals surface area contributed by atoms with Gasteiger partial charge in [-0.15, -0.1) is 0 Å². The summed E-state index contributed by atoms with van der Waals surface area (Å²) in [6.07, 6.45) is 4.33. The van der Waals surface area contributed by atoms with Crippen molar-refractivity contribution in [3.63, 3.8) is 0 Å². The first-order valence-electron chi connectivity index (χ1n) is 8.05. The summed E-state index contributed by atoms with van der Waals surface area (Å²) >= 11 is 0. The predicted octanol–water partition coefficient (Wildman–Crippen LogP) is 3.58. The molecular weight excluding hydrogens is 302 g/mol. The Morgan fingerprint density at radius 2 is 2.08 bits per heavy atom. The van der Waals surface area contributed by atoms with Crippen LogP contribution in [0, 0.1) is 6.92 Å². The number of nitrogens with one attached hydrogen (secondary N) is 3. The number of hydrogen-bond acceptors (Lipinski definition) is 5. The second-order valence-electron chi connectivity index (χ2n) is 5.92. The van der Waals surface area contributed by atoms with Crippen LogP contribution < -0.4 is 16.2 Å². The monoisotopic (exact) mass is 323 g/mol. The van der Waals surface area contributed by atoms with Gasteiger partial charge in [0.1, 0.15) is 17.5 Å². The van der Waals surface area contributed by atoms with E-state index in [1.165, 1.54) is 0 Å². The highest BCUT2D eigenvalue weighted by Gasteiger charge is 2.12. The number of hydrogen-bond donors (Lipinski definition) is 3. The molecular formula is C18H21N5O. The first-order chi connectivity index (χ1) is 11.6. The molecule has 0 amide bonds. The summed E-state index contributed by atoms with van der Waals surface area (Å²) in [5.41, 5.74) is 0.966. The number of nitrogens with zero attached hydrogens (tertiary/aromatic N) is 2. The summed E-state index contributed by atoms with van der Waals surface area (Å²) in [5.74, 6) is 1.96. The third-order valence-electron chi connectivity index (χ3n) is 3.92. The summed E-state index contributed by atoms with van der Waals surface area (Å²) in [4.78, 5) is 23.8. The van der Waals surface area contributed by atoms with Crippen LogP contribution >= 0.6 is 0 Å². The number of rotatable bonds is 5. The molecule has 0 bridgehead atoms. The molecule has 0 fully saturated rings. The predicted molar refractivity (Wildman–Crippen MR) is 98.0 cm³/mol. The zero-order chi connectivity index (χ0) is 17.1. The molecule has 24 heavy (non-hydrogen) atoms. The van der Waals surface area contributed by atoms with E-state index in [1.807, 2.05) is 31.2 Å². The molecule has 0 saturated carbocycles. The van der Waals surface area contributed by atoms with Gasteiger partial charge in [-0.25, -0.2) is 9.97 Å². The van der Waals surface area contributed by atoms with Gasteiger partial charge in [-0.2, -0.15) is 0 Å². The molecule has 0 aliphatic heterocycles. The van der Waals surface area contributed by atoms with Gasteiger partial charge in [0.05, 0.1) is 5.39 Å². The molecule has 3 N–H and O–H groups in total. The highest BCUT2D eigenvalue weighted by molar-refractivity contribution is 5.93. The normalized spacial score (nSPS) is 12.1. The first kappa shape index (κ1) is 16.0. The molecule has 1 atom stereocenters. The van der Waals surface area contributed by atoms with E-state index in [9.17, 15) is 4.79 Å². The average molecular weight is 323 g/mol. The molecule has 0 spiro atoms. The van der Waals surface area contributed by atoms with Crippen molar-refractivity contribution in [2.24, 2.45) is 0 Å². The summed E-state index contributed by atoms with van der Waals surface area (Å²) in [7, 11) is 0. The quantitative estimate of drug-likeness (QED) is 0.668. The van der Waals surface area contributed by atoms with Crippen LogP contribution in [0.2, 0.25) is 0 Å². The fraction of sp³-hybridized carbons (Fsp3) is 0.278. The summed E-state index contributed by atoms with van der Waals surface area (Å²) in [6, 6.07) is 7.83. The Balaban J connectivity index is 2.07. The van der Waals surface area contributed by atoms with Crippen molar-refractivity contribution in [1.29, 1.82) is 0 Å². The molecule has 3 rings (SSSR count). The molecule has 0 aliphatic rings. The second-order valence-corrected chi connectivity index (χ2v) is 5.92. The Bertz CT molecular complexity index is 919. The van der Waals surface area contributed by atoms with Crippen LogP contribution in [0.15, 0.2) is 41.5 Å². The van der Waals surface area contributed by atoms with Crippen molar-refractivity contribution in [2.45, 2.75) is 33.2 Å². The van der Waals surface area contributed by atoms with Gasteiger partial charge < -0.3 is 15.6 Å². The maximum Gasteiger partial charge on any atom is 0.259 e. The molecule has 6 nitrogen and oxygen atoms in total. The van der Waals surface area contributed by atoms with E-state index in [0.29, 0.717) is 17.0 Å². The van der Waals surface area contributed by atoms with Gasteiger partial charge in [0.15, 0.2) is 0 Å². The van der Waals surface area contributed by atoms with E-state index in [2.05, 4.69) is 39.4 Å². The zero-order valence-corrected chi connectivity index (χ0v) is 14.1. The Morgan fingerprint density at radius 1 is 1.25 bits per heavy atom. The third kappa shape index (κ3) is 3.37. The lowest BCUT2D eigenvalue weighted by Gasteiger charge is -2.15. The van der Waals surface area contributed by atoms with Crippen molar-refractivity contribution in [3.05, 3.63) is 52.6 Å². The Labute approximate surface area is 140 Å². The van der Waals surface area contributed by atoms with Crippen molar-refractivity contribution >= 4 is 28.2 Å². The van der Waals surface area contributed by atoms with Crippen molar-refractivity contribution in [1.82, 2.24) is 15.0 Å². The van der Waals surface area contributed by atoms with E-state index < -0.39 is 0 Å². The number of aryl methyl sites for hydroxylation is 1.